The average Bonchev–Trinajstić information content (AvgIpc) is 2.91. The van der Waals surface area contributed by atoms with E-state index >= 15 is 0 Å². The van der Waals surface area contributed by atoms with Crippen molar-refractivity contribution in [1.82, 2.24) is 10.1 Å². The highest BCUT2D eigenvalue weighted by atomic mass is 16.5. The van der Waals surface area contributed by atoms with Crippen molar-refractivity contribution in [3.8, 4) is 0 Å². The van der Waals surface area contributed by atoms with E-state index in [1.807, 2.05) is 0 Å². The number of rotatable bonds is 2. The lowest BCUT2D eigenvalue weighted by molar-refractivity contribution is 0.169. The quantitative estimate of drug-likeness (QED) is 0.829. The van der Waals surface area contributed by atoms with Crippen LogP contribution in [0.5, 0.6) is 0 Å². The number of ether oxygens (including phenoxy) is 1. The molecule has 0 bridgehead atoms. The van der Waals surface area contributed by atoms with Gasteiger partial charge in [-0.3, -0.25) is 0 Å². The van der Waals surface area contributed by atoms with Crippen LogP contribution in [0.15, 0.2) is 4.52 Å². The summed E-state index contributed by atoms with van der Waals surface area (Å²) >= 11 is 0. The van der Waals surface area contributed by atoms with Gasteiger partial charge in [0.2, 0.25) is 5.89 Å². The fourth-order valence-electron chi connectivity index (χ4n) is 3.08. The molecule has 5 nitrogen and oxygen atoms in total. The normalized spacial score (nSPS) is 33.5. The summed E-state index contributed by atoms with van der Waals surface area (Å²) in [5.41, 5.74) is 5.78. The molecular weight excluding hydrogens is 242 g/mol. The SMILES string of the molecule is CC1(c2nc(C3CCCCCC3)no2)COCC1N. The van der Waals surface area contributed by atoms with Crippen LogP contribution in [0.1, 0.15) is 63.1 Å². The summed E-state index contributed by atoms with van der Waals surface area (Å²) in [5, 5.41) is 4.21. The highest BCUT2D eigenvalue weighted by Crippen LogP contribution is 2.34. The Hall–Kier alpha value is -0.940. The summed E-state index contributed by atoms with van der Waals surface area (Å²) in [5.74, 6) is 1.98. The second kappa shape index (κ2) is 5.21. The first kappa shape index (κ1) is 13.1. The summed E-state index contributed by atoms with van der Waals surface area (Å²) in [6.07, 6.45) is 7.56. The molecule has 2 atom stereocenters. The van der Waals surface area contributed by atoms with Crippen molar-refractivity contribution in [2.75, 3.05) is 13.2 Å². The minimum absolute atomic E-state index is 0.0602. The van der Waals surface area contributed by atoms with Crippen molar-refractivity contribution in [1.29, 1.82) is 0 Å². The molecule has 0 aromatic carbocycles. The minimum atomic E-state index is -0.323. The number of hydrogen-bond acceptors (Lipinski definition) is 5. The van der Waals surface area contributed by atoms with Gasteiger partial charge in [-0.2, -0.15) is 4.98 Å². The first-order chi connectivity index (χ1) is 9.20. The largest absolute Gasteiger partial charge is 0.379 e. The van der Waals surface area contributed by atoms with Crippen molar-refractivity contribution in [3.05, 3.63) is 11.7 Å². The molecule has 2 unspecified atom stereocenters. The summed E-state index contributed by atoms with van der Waals surface area (Å²) in [6.45, 7) is 3.19. The van der Waals surface area contributed by atoms with Gasteiger partial charge < -0.3 is 15.0 Å². The van der Waals surface area contributed by atoms with E-state index < -0.39 is 0 Å². The summed E-state index contributed by atoms with van der Waals surface area (Å²) in [7, 11) is 0. The lowest BCUT2D eigenvalue weighted by Crippen LogP contribution is -2.42. The highest BCUT2D eigenvalue weighted by molar-refractivity contribution is 5.12. The fraction of sp³-hybridized carbons (Fsp3) is 0.857. The molecule has 1 saturated heterocycles. The molecule has 1 aliphatic carbocycles. The molecule has 1 aliphatic heterocycles. The lowest BCUT2D eigenvalue weighted by Gasteiger charge is -2.21. The maximum absolute atomic E-state index is 6.11. The number of aromatic nitrogens is 2. The number of nitrogens with zero attached hydrogens (tertiary/aromatic N) is 2. The second-order valence-electron chi connectivity index (χ2n) is 6.19. The van der Waals surface area contributed by atoms with Crippen molar-refractivity contribution in [2.24, 2.45) is 5.73 Å². The Labute approximate surface area is 113 Å². The Morgan fingerprint density at radius 1 is 1.21 bits per heavy atom. The van der Waals surface area contributed by atoms with Gasteiger partial charge in [-0.15, -0.1) is 0 Å². The van der Waals surface area contributed by atoms with Gasteiger partial charge in [-0.25, -0.2) is 0 Å². The molecule has 5 heteroatoms. The molecule has 0 radical (unpaired) electrons. The molecule has 0 spiro atoms. The van der Waals surface area contributed by atoms with Gasteiger partial charge in [0.05, 0.1) is 18.6 Å². The molecule has 3 rings (SSSR count). The second-order valence-corrected chi connectivity index (χ2v) is 6.19. The Morgan fingerprint density at radius 3 is 2.58 bits per heavy atom. The molecule has 2 fully saturated rings. The highest BCUT2D eigenvalue weighted by Gasteiger charge is 2.44. The first-order valence-electron chi connectivity index (χ1n) is 7.37. The van der Waals surface area contributed by atoms with Gasteiger partial charge in [0, 0.05) is 12.0 Å². The Morgan fingerprint density at radius 2 is 1.95 bits per heavy atom. The molecule has 0 amide bonds. The van der Waals surface area contributed by atoms with Crippen LogP contribution < -0.4 is 5.73 Å². The Kier molecular flexibility index (Phi) is 3.58. The standard InChI is InChI=1S/C14H23N3O2/c1-14(9-18-8-11(14)15)13-16-12(17-19-13)10-6-4-2-3-5-7-10/h10-11H,2-9,15H2,1H3. The molecule has 106 valence electrons. The topological polar surface area (TPSA) is 74.2 Å². The number of hydrogen-bond donors (Lipinski definition) is 1. The zero-order valence-corrected chi connectivity index (χ0v) is 11.6. The summed E-state index contributed by atoms with van der Waals surface area (Å²) < 4.78 is 10.9. The fourth-order valence-corrected chi connectivity index (χ4v) is 3.08. The van der Waals surface area contributed by atoms with Crippen molar-refractivity contribution in [2.45, 2.75) is 62.8 Å². The van der Waals surface area contributed by atoms with Crippen LogP contribution in [0.2, 0.25) is 0 Å². The van der Waals surface area contributed by atoms with E-state index in [4.69, 9.17) is 15.0 Å². The van der Waals surface area contributed by atoms with Crippen molar-refractivity contribution >= 4 is 0 Å². The molecule has 2 N–H and O–H groups in total. The predicted molar refractivity (Wildman–Crippen MR) is 70.9 cm³/mol. The van der Waals surface area contributed by atoms with E-state index in [0.717, 1.165) is 5.82 Å². The smallest absolute Gasteiger partial charge is 0.236 e. The van der Waals surface area contributed by atoms with Crippen LogP contribution in [0, 0.1) is 0 Å². The third kappa shape index (κ3) is 2.41. The molecule has 2 heterocycles. The van der Waals surface area contributed by atoms with Crippen LogP contribution in [0.25, 0.3) is 0 Å². The monoisotopic (exact) mass is 265 g/mol. The van der Waals surface area contributed by atoms with E-state index in [1.54, 1.807) is 0 Å². The van der Waals surface area contributed by atoms with Crippen molar-refractivity contribution in [3.63, 3.8) is 0 Å². The maximum atomic E-state index is 6.11. The molecule has 1 saturated carbocycles. The molecule has 1 aromatic heterocycles. The van der Waals surface area contributed by atoms with Crippen LogP contribution in [-0.2, 0) is 10.2 Å². The molecule has 1 aromatic rings. The van der Waals surface area contributed by atoms with E-state index in [0.29, 0.717) is 25.0 Å². The van der Waals surface area contributed by atoms with Gasteiger partial charge in [0.25, 0.3) is 0 Å². The zero-order chi connectivity index (χ0) is 13.3. The first-order valence-corrected chi connectivity index (χ1v) is 7.37. The minimum Gasteiger partial charge on any atom is -0.379 e. The maximum Gasteiger partial charge on any atom is 0.236 e. The van der Waals surface area contributed by atoms with E-state index in [1.165, 1.54) is 38.5 Å². The Balaban J connectivity index is 1.79. The van der Waals surface area contributed by atoms with Crippen LogP contribution in [-0.4, -0.2) is 29.4 Å². The number of nitrogens with two attached hydrogens (primary N) is 1. The van der Waals surface area contributed by atoms with Crippen molar-refractivity contribution < 1.29 is 9.26 Å². The van der Waals surface area contributed by atoms with E-state index in [-0.39, 0.29) is 11.5 Å². The van der Waals surface area contributed by atoms with Gasteiger partial charge >= 0.3 is 0 Å². The van der Waals surface area contributed by atoms with Crippen LogP contribution >= 0.6 is 0 Å². The molecule has 19 heavy (non-hydrogen) atoms. The average molecular weight is 265 g/mol. The zero-order valence-electron chi connectivity index (χ0n) is 11.6. The summed E-state index contributed by atoms with van der Waals surface area (Å²) in [4.78, 5) is 4.64. The summed E-state index contributed by atoms with van der Waals surface area (Å²) in [6, 6.07) is -0.0602. The third-order valence-electron chi connectivity index (χ3n) is 4.67. The Bertz CT molecular complexity index is 426. The van der Waals surface area contributed by atoms with Crippen LogP contribution in [0.3, 0.4) is 0 Å². The lowest BCUT2D eigenvalue weighted by atomic mass is 9.86. The van der Waals surface area contributed by atoms with Gasteiger partial charge in [0.1, 0.15) is 0 Å². The van der Waals surface area contributed by atoms with Gasteiger partial charge in [0.15, 0.2) is 5.82 Å². The molecular formula is C14H23N3O2. The van der Waals surface area contributed by atoms with E-state index in [9.17, 15) is 0 Å². The van der Waals surface area contributed by atoms with Crippen LogP contribution in [0.4, 0.5) is 0 Å². The molecule has 2 aliphatic rings. The van der Waals surface area contributed by atoms with E-state index in [2.05, 4.69) is 17.1 Å². The third-order valence-corrected chi connectivity index (χ3v) is 4.67. The predicted octanol–water partition coefficient (Wildman–Crippen LogP) is 2.12. The van der Waals surface area contributed by atoms with Gasteiger partial charge in [-0.05, 0) is 19.8 Å². The van der Waals surface area contributed by atoms with Gasteiger partial charge in [-0.1, -0.05) is 30.8 Å².